The molecule has 8 nitrogen and oxygen atoms in total. The summed E-state index contributed by atoms with van der Waals surface area (Å²) in [5.74, 6) is -0.286. The molecular weight excluding hydrogens is 390 g/mol. The van der Waals surface area contributed by atoms with Gasteiger partial charge in [0, 0.05) is 30.4 Å². The summed E-state index contributed by atoms with van der Waals surface area (Å²) < 4.78 is 1.72. The van der Waals surface area contributed by atoms with Crippen molar-refractivity contribution in [3.8, 4) is 6.07 Å². The van der Waals surface area contributed by atoms with E-state index in [1.165, 1.54) is 12.8 Å². The maximum absolute atomic E-state index is 12.8. The molecule has 0 unspecified atom stereocenters. The molecule has 1 fully saturated rings. The van der Waals surface area contributed by atoms with Gasteiger partial charge in [-0.1, -0.05) is 12.1 Å². The number of H-pyrrole nitrogens is 1. The lowest BCUT2D eigenvalue weighted by molar-refractivity contribution is 0.102. The Labute approximate surface area is 179 Å². The van der Waals surface area contributed by atoms with E-state index in [2.05, 4.69) is 37.6 Å². The molecule has 1 amide bonds. The molecule has 0 atom stereocenters. The zero-order valence-electron chi connectivity index (χ0n) is 16.9. The number of nitrogens with zero attached hydrogens (tertiary/aromatic N) is 5. The average molecular weight is 411 g/mol. The molecule has 2 N–H and O–H groups in total. The molecule has 154 valence electrons. The lowest BCUT2D eigenvalue weighted by Crippen LogP contribution is -2.17. The fourth-order valence-electron chi connectivity index (χ4n) is 3.98. The minimum absolute atomic E-state index is 0.286. The highest BCUT2D eigenvalue weighted by molar-refractivity contribution is 6.11. The van der Waals surface area contributed by atoms with Gasteiger partial charge in [0.05, 0.1) is 35.6 Å². The maximum atomic E-state index is 12.8. The fourth-order valence-corrected chi connectivity index (χ4v) is 3.98. The van der Waals surface area contributed by atoms with Crippen LogP contribution in [-0.2, 0) is 6.54 Å². The number of carbonyl (C=O) groups is 1. The van der Waals surface area contributed by atoms with Gasteiger partial charge in [-0.05, 0) is 48.7 Å². The molecular formula is C23H21N7O. The molecule has 0 saturated carbocycles. The van der Waals surface area contributed by atoms with E-state index < -0.39 is 0 Å². The van der Waals surface area contributed by atoms with Gasteiger partial charge in [-0.3, -0.25) is 14.6 Å². The van der Waals surface area contributed by atoms with Crippen LogP contribution in [-0.4, -0.2) is 39.0 Å². The van der Waals surface area contributed by atoms with Crippen molar-refractivity contribution in [2.45, 2.75) is 19.4 Å². The van der Waals surface area contributed by atoms with Crippen LogP contribution in [0.25, 0.3) is 10.9 Å². The van der Waals surface area contributed by atoms with Crippen LogP contribution in [0.1, 0.15) is 34.5 Å². The van der Waals surface area contributed by atoms with Crippen LogP contribution in [0.15, 0.2) is 54.9 Å². The van der Waals surface area contributed by atoms with E-state index in [1.54, 1.807) is 23.1 Å². The van der Waals surface area contributed by atoms with Crippen LogP contribution in [0.5, 0.6) is 0 Å². The van der Waals surface area contributed by atoms with Gasteiger partial charge >= 0.3 is 0 Å². The number of fused-ring (bicyclic) bond motifs is 1. The number of rotatable bonds is 5. The number of hydrogen-bond donors (Lipinski definition) is 2. The molecule has 2 aromatic carbocycles. The molecule has 2 aromatic heterocycles. The zero-order chi connectivity index (χ0) is 21.2. The molecule has 0 spiro atoms. The quantitative estimate of drug-likeness (QED) is 0.523. The zero-order valence-corrected chi connectivity index (χ0v) is 16.9. The Kier molecular flexibility index (Phi) is 4.84. The molecule has 5 rings (SSSR count). The maximum Gasteiger partial charge on any atom is 0.276 e. The molecule has 0 aliphatic carbocycles. The van der Waals surface area contributed by atoms with Crippen molar-refractivity contribution < 1.29 is 4.79 Å². The van der Waals surface area contributed by atoms with Crippen LogP contribution < -0.4 is 10.2 Å². The Morgan fingerprint density at radius 3 is 2.90 bits per heavy atom. The number of aromatic amines is 1. The molecule has 8 heteroatoms. The number of carbonyl (C=O) groups excluding carboxylic acids is 1. The van der Waals surface area contributed by atoms with Crippen LogP contribution in [0.4, 0.5) is 11.4 Å². The minimum atomic E-state index is -0.286. The van der Waals surface area contributed by atoms with Gasteiger partial charge < -0.3 is 10.2 Å². The van der Waals surface area contributed by atoms with E-state index in [4.69, 9.17) is 5.26 Å². The molecule has 31 heavy (non-hydrogen) atoms. The first-order valence-electron chi connectivity index (χ1n) is 10.3. The van der Waals surface area contributed by atoms with Crippen molar-refractivity contribution >= 4 is 28.2 Å². The van der Waals surface area contributed by atoms with Crippen LogP contribution in [0.3, 0.4) is 0 Å². The molecule has 1 aliphatic heterocycles. The summed E-state index contributed by atoms with van der Waals surface area (Å²) in [4.78, 5) is 15.2. The smallest absolute Gasteiger partial charge is 0.276 e. The van der Waals surface area contributed by atoms with Gasteiger partial charge in [0.25, 0.3) is 5.91 Å². The summed E-state index contributed by atoms with van der Waals surface area (Å²) in [5.41, 5.74) is 4.53. The highest BCUT2D eigenvalue weighted by atomic mass is 16.2. The highest BCUT2D eigenvalue weighted by Gasteiger charge is 2.18. The topological polar surface area (TPSA) is 103 Å². The van der Waals surface area contributed by atoms with Gasteiger partial charge in [0.1, 0.15) is 0 Å². The van der Waals surface area contributed by atoms with Gasteiger partial charge in [-0.25, -0.2) is 0 Å². The summed E-state index contributed by atoms with van der Waals surface area (Å²) in [6.07, 6.45) is 5.79. The van der Waals surface area contributed by atoms with Gasteiger partial charge in [0.15, 0.2) is 5.69 Å². The molecule has 3 heterocycles. The number of amides is 1. The monoisotopic (exact) mass is 411 g/mol. The summed E-state index contributed by atoms with van der Waals surface area (Å²) in [7, 11) is 0. The number of anilines is 2. The fraction of sp³-hybridized carbons (Fsp3) is 0.217. The Morgan fingerprint density at radius 1 is 1.19 bits per heavy atom. The normalized spacial score (nSPS) is 13.5. The van der Waals surface area contributed by atoms with E-state index >= 15 is 0 Å². The second kappa shape index (κ2) is 7.95. The van der Waals surface area contributed by atoms with Crippen molar-refractivity contribution in [2.75, 3.05) is 23.3 Å². The second-order valence-electron chi connectivity index (χ2n) is 7.69. The van der Waals surface area contributed by atoms with E-state index in [0.717, 1.165) is 35.2 Å². The lowest BCUT2D eigenvalue weighted by Gasteiger charge is -2.17. The number of benzene rings is 2. The Balaban J connectivity index is 1.30. The van der Waals surface area contributed by atoms with Crippen molar-refractivity contribution in [3.63, 3.8) is 0 Å². The summed E-state index contributed by atoms with van der Waals surface area (Å²) in [6.45, 7) is 2.64. The Hall–Kier alpha value is -4.12. The van der Waals surface area contributed by atoms with E-state index in [0.29, 0.717) is 23.5 Å². The first kappa shape index (κ1) is 18.9. The number of hydrogen-bond acceptors (Lipinski definition) is 5. The van der Waals surface area contributed by atoms with Crippen molar-refractivity contribution in [1.29, 1.82) is 5.26 Å². The van der Waals surface area contributed by atoms with Gasteiger partial charge in [-0.15, -0.1) is 0 Å². The third-order valence-electron chi connectivity index (χ3n) is 5.52. The van der Waals surface area contributed by atoms with Gasteiger partial charge in [-0.2, -0.15) is 15.5 Å². The number of nitrogens with one attached hydrogen (secondary N) is 2. The Bertz CT molecular complexity index is 1290. The third kappa shape index (κ3) is 3.85. The molecule has 4 aromatic rings. The summed E-state index contributed by atoms with van der Waals surface area (Å²) in [5, 5.41) is 24.2. The predicted molar refractivity (Wildman–Crippen MR) is 118 cm³/mol. The molecule has 0 radical (unpaired) electrons. The molecule has 0 bridgehead atoms. The standard InChI is InChI=1S/C23H21N7O/c24-12-16-4-3-5-17(10-16)14-30-15-18(13-25-30)26-23(31)22-20-7-6-19(11-21(20)27-28-22)29-8-1-2-9-29/h3-7,10-11,13,15H,1-2,8-9,14H2,(H,26,31)(H,27,28). The van der Waals surface area contributed by atoms with E-state index in [9.17, 15) is 4.79 Å². The first-order chi connectivity index (χ1) is 15.2. The van der Waals surface area contributed by atoms with Gasteiger partial charge in [0.2, 0.25) is 0 Å². The Morgan fingerprint density at radius 2 is 2.06 bits per heavy atom. The van der Waals surface area contributed by atoms with Crippen molar-refractivity contribution in [2.24, 2.45) is 0 Å². The van der Waals surface area contributed by atoms with Crippen LogP contribution >= 0.6 is 0 Å². The minimum Gasteiger partial charge on any atom is -0.371 e. The summed E-state index contributed by atoms with van der Waals surface area (Å²) >= 11 is 0. The predicted octanol–water partition coefficient (Wildman–Crippen LogP) is 3.53. The molecule has 1 saturated heterocycles. The third-order valence-corrected chi connectivity index (χ3v) is 5.52. The number of nitriles is 1. The average Bonchev–Trinajstić information content (AvgIpc) is 3.54. The van der Waals surface area contributed by atoms with E-state index in [1.807, 2.05) is 30.3 Å². The first-order valence-corrected chi connectivity index (χ1v) is 10.3. The van der Waals surface area contributed by atoms with Crippen LogP contribution in [0, 0.1) is 11.3 Å². The van der Waals surface area contributed by atoms with E-state index in [-0.39, 0.29) is 5.91 Å². The van der Waals surface area contributed by atoms with Crippen molar-refractivity contribution in [1.82, 2.24) is 20.0 Å². The lowest BCUT2D eigenvalue weighted by atomic mass is 10.1. The SMILES string of the molecule is N#Cc1cccc(Cn2cc(NC(=O)c3n[nH]c4cc(N5CCCC5)ccc34)cn2)c1. The highest BCUT2D eigenvalue weighted by Crippen LogP contribution is 2.26. The largest absolute Gasteiger partial charge is 0.371 e. The van der Waals surface area contributed by atoms with Crippen LogP contribution in [0.2, 0.25) is 0 Å². The second-order valence-corrected chi connectivity index (χ2v) is 7.69. The summed E-state index contributed by atoms with van der Waals surface area (Å²) in [6, 6.07) is 15.6. The number of aromatic nitrogens is 4. The van der Waals surface area contributed by atoms with Crippen molar-refractivity contribution in [3.05, 3.63) is 71.7 Å². The molecule has 1 aliphatic rings.